The van der Waals surface area contributed by atoms with E-state index in [0.29, 0.717) is 17.5 Å². The first-order valence-corrected chi connectivity index (χ1v) is 9.32. The average Bonchev–Trinajstić information content (AvgIpc) is 2.63. The van der Waals surface area contributed by atoms with Crippen molar-refractivity contribution in [2.75, 3.05) is 16.8 Å². The molecular weight excluding hydrogens is 308 g/mol. The zero-order chi connectivity index (χ0) is 17.8. The van der Waals surface area contributed by atoms with Gasteiger partial charge in [0, 0.05) is 29.5 Å². The Labute approximate surface area is 151 Å². The molecule has 1 aliphatic rings. The normalized spacial score (nSPS) is 17.6. The number of benzene rings is 2. The van der Waals surface area contributed by atoms with Gasteiger partial charge < -0.3 is 10.2 Å². The van der Waals surface area contributed by atoms with Crippen LogP contribution in [0.3, 0.4) is 0 Å². The Hall–Kier alpha value is -2.29. The zero-order valence-electron chi connectivity index (χ0n) is 15.5. The number of anilines is 2. The lowest BCUT2D eigenvalue weighted by Gasteiger charge is -2.35. The number of nitrogens with zero attached hydrogens (tertiary/aromatic N) is 1. The van der Waals surface area contributed by atoms with E-state index in [-0.39, 0.29) is 5.91 Å². The number of hydrogen-bond acceptors (Lipinski definition) is 2. The van der Waals surface area contributed by atoms with Crippen LogP contribution in [0.5, 0.6) is 0 Å². The van der Waals surface area contributed by atoms with Gasteiger partial charge in [-0.25, -0.2) is 0 Å². The predicted molar refractivity (Wildman–Crippen MR) is 106 cm³/mol. The molecule has 0 saturated carbocycles. The second kappa shape index (κ2) is 7.73. The quantitative estimate of drug-likeness (QED) is 0.806. The van der Waals surface area contributed by atoms with Crippen molar-refractivity contribution in [3.63, 3.8) is 0 Å². The van der Waals surface area contributed by atoms with Crippen LogP contribution in [0.15, 0.2) is 48.5 Å². The Kier molecular flexibility index (Phi) is 5.42. The van der Waals surface area contributed by atoms with Crippen molar-refractivity contribution in [3.8, 4) is 0 Å². The standard InChI is InChI=1S/C22H28N2O/c1-16(2)18-7-9-19(10-8-18)22(25)23-20-11-13-21(14-12-20)24-15-5-4-6-17(24)3/h7-14,16-17H,4-6,15H2,1-3H3,(H,23,25)/t17-/m1/s1. The molecule has 0 spiro atoms. The third-order valence-corrected chi connectivity index (χ3v) is 5.10. The lowest BCUT2D eigenvalue weighted by atomic mass is 10.0. The average molecular weight is 336 g/mol. The Morgan fingerprint density at radius 2 is 1.72 bits per heavy atom. The van der Waals surface area contributed by atoms with Crippen LogP contribution >= 0.6 is 0 Å². The van der Waals surface area contributed by atoms with Crippen LogP contribution in [0.4, 0.5) is 11.4 Å². The first-order chi connectivity index (χ1) is 12.0. The minimum absolute atomic E-state index is 0.0607. The second-order valence-corrected chi connectivity index (χ2v) is 7.32. The van der Waals surface area contributed by atoms with Gasteiger partial charge in [0.25, 0.3) is 5.91 Å². The maximum absolute atomic E-state index is 12.4. The molecule has 3 heteroatoms. The third kappa shape index (κ3) is 4.22. The number of carbonyl (C=O) groups excluding carboxylic acids is 1. The summed E-state index contributed by atoms with van der Waals surface area (Å²) in [5, 5.41) is 2.99. The highest BCUT2D eigenvalue weighted by atomic mass is 16.1. The van der Waals surface area contributed by atoms with E-state index in [1.165, 1.54) is 30.5 Å². The van der Waals surface area contributed by atoms with Gasteiger partial charge in [0.05, 0.1) is 0 Å². The third-order valence-electron chi connectivity index (χ3n) is 5.10. The molecule has 2 aromatic carbocycles. The summed E-state index contributed by atoms with van der Waals surface area (Å²) in [5.74, 6) is 0.413. The molecule has 1 heterocycles. The molecule has 132 valence electrons. The van der Waals surface area contributed by atoms with E-state index < -0.39 is 0 Å². The monoisotopic (exact) mass is 336 g/mol. The van der Waals surface area contributed by atoms with Crippen molar-refractivity contribution in [1.29, 1.82) is 0 Å². The van der Waals surface area contributed by atoms with Gasteiger partial charge in [-0.05, 0) is 74.1 Å². The van der Waals surface area contributed by atoms with Crippen LogP contribution in [-0.4, -0.2) is 18.5 Å². The van der Waals surface area contributed by atoms with E-state index in [0.717, 1.165) is 12.2 Å². The molecular formula is C22H28N2O. The summed E-state index contributed by atoms with van der Waals surface area (Å²) in [7, 11) is 0. The van der Waals surface area contributed by atoms with Gasteiger partial charge >= 0.3 is 0 Å². The van der Waals surface area contributed by atoms with Gasteiger partial charge in [0.15, 0.2) is 0 Å². The van der Waals surface area contributed by atoms with Crippen molar-refractivity contribution in [1.82, 2.24) is 0 Å². The van der Waals surface area contributed by atoms with E-state index >= 15 is 0 Å². The topological polar surface area (TPSA) is 32.3 Å². The minimum atomic E-state index is -0.0607. The second-order valence-electron chi connectivity index (χ2n) is 7.32. The van der Waals surface area contributed by atoms with Gasteiger partial charge in [0.2, 0.25) is 0 Å². The van der Waals surface area contributed by atoms with Crippen LogP contribution in [0, 0.1) is 0 Å². The number of hydrogen-bond donors (Lipinski definition) is 1. The van der Waals surface area contributed by atoms with Crippen molar-refractivity contribution < 1.29 is 4.79 Å². The molecule has 0 unspecified atom stereocenters. The molecule has 1 atom stereocenters. The molecule has 3 nitrogen and oxygen atoms in total. The number of nitrogens with one attached hydrogen (secondary N) is 1. The van der Waals surface area contributed by atoms with Crippen LogP contribution in [0.25, 0.3) is 0 Å². The van der Waals surface area contributed by atoms with Crippen LogP contribution in [0.2, 0.25) is 0 Å². The van der Waals surface area contributed by atoms with E-state index in [4.69, 9.17) is 0 Å². The first-order valence-electron chi connectivity index (χ1n) is 9.32. The van der Waals surface area contributed by atoms with Crippen LogP contribution in [-0.2, 0) is 0 Å². The summed E-state index contributed by atoms with van der Waals surface area (Å²) < 4.78 is 0. The highest BCUT2D eigenvalue weighted by Crippen LogP contribution is 2.26. The Bertz CT molecular complexity index is 704. The summed E-state index contributed by atoms with van der Waals surface area (Å²) in [6.45, 7) is 7.71. The highest BCUT2D eigenvalue weighted by Gasteiger charge is 2.18. The van der Waals surface area contributed by atoms with Crippen molar-refractivity contribution >= 4 is 17.3 Å². The fourth-order valence-corrected chi connectivity index (χ4v) is 3.44. The molecule has 2 aromatic rings. The number of piperidine rings is 1. The smallest absolute Gasteiger partial charge is 0.255 e. The number of carbonyl (C=O) groups is 1. The molecule has 0 aliphatic carbocycles. The molecule has 25 heavy (non-hydrogen) atoms. The van der Waals surface area contributed by atoms with Gasteiger partial charge in [-0.15, -0.1) is 0 Å². The van der Waals surface area contributed by atoms with Crippen molar-refractivity contribution in [2.24, 2.45) is 0 Å². The Morgan fingerprint density at radius 3 is 2.32 bits per heavy atom. The van der Waals surface area contributed by atoms with Crippen molar-refractivity contribution in [2.45, 2.75) is 52.0 Å². The molecule has 1 saturated heterocycles. The molecule has 1 amide bonds. The number of amides is 1. The Morgan fingerprint density at radius 1 is 1.04 bits per heavy atom. The SMILES string of the molecule is CC(C)c1ccc(C(=O)Nc2ccc(N3CCCC[C@H]3C)cc2)cc1. The highest BCUT2D eigenvalue weighted by molar-refractivity contribution is 6.04. The minimum Gasteiger partial charge on any atom is -0.369 e. The largest absolute Gasteiger partial charge is 0.369 e. The Balaban J connectivity index is 1.65. The van der Waals surface area contributed by atoms with E-state index in [9.17, 15) is 4.79 Å². The molecule has 3 rings (SSSR count). The lowest BCUT2D eigenvalue weighted by Crippen LogP contribution is -2.37. The fraction of sp³-hybridized carbons (Fsp3) is 0.409. The molecule has 0 bridgehead atoms. The molecule has 0 aromatic heterocycles. The molecule has 0 radical (unpaired) electrons. The van der Waals surface area contributed by atoms with E-state index in [2.05, 4.69) is 43.1 Å². The van der Waals surface area contributed by atoms with Crippen molar-refractivity contribution in [3.05, 3.63) is 59.7 Å². The van der Waals surface area contributed by atoms with Crippen LogP contribution < -0.4 is 10.2 Å². The summed E-state index contributed by atoms with van der Waals surface area (Å²) in [5.41, 5.74) is 4.02. The fourth-order valence-electron chi connectivity index (χ4n) is 3.44. The summed E-state index contributed by atoms with van der Waals surface area (Å²) in [4.78, 5) is 14.9. The summed E-state index contributed by atoms with van der Waals surface area (Å²) in [6.07, 6.45) is 3.83. The lowest BCUT2D eigenvalue weighted by molar-refractivity contribution is 0.102. The first kappa shape index (κ1) is 17.5. The van der Waals surface area contributed by atoms with Gasteiger partial charge in [0.1, 0.15) is 0 Å². The molecule has 1 aliphatic heterocycles. The maximum atomic E-state index is 12.4. The zero-order valence-corrected chi connectivity index (χ0v) is 15.5. The van der Waals surface area contributed by atoms with E-state index in [1.54, 1.807) is 0 Å². The number of rotatable bonds is 4. The maximum Gasteiger partial charge on any atom is 0.255 e. The van der Waals surface area contributed by atoms with E-state index in [1.807, 2.05) is 36.4 Å². The van der Waals surface area contributed by atoms with Gasteiger partial charge in [-0.3, -0.25) is 4.79 Å². The predicted octanol–water partition coefficient (Wildman–Crippen LogP) is 5.44. The summed E-state index contributed by atoms with van der Waals surface area (Å²) >= 11 is 0. The van der Waals surface area contributed by atoms with Gasteiger partial charge in [-0.1, -0.05) is 26.0 Å². The molecule has 1 N–H and O–H groups in total. The summed E-state index contributed by atoms with van der Waals surface area (Å²) in [6, 6.07) is 16.7. The van der Waals surface area contributed by atoms with Gasteiger partial charge in [-0.2, -0.15) is 0 Å². The van der Waals surface area contributed by atoms with Crippen LogP contribution in [0.1, 0.15) is 61.9 Å². The molecule has 1 fully saturated rings.